The van der Waals surface area contributed by atoms with Crippen molar-refractivity contribution in [3.05, 3.63) is 464 Å². The van der Waals surface area contributed by atoms with Crippen molar-refractivity contribution in [1.29, 1.82) is 0 Å². The molecule has 0 atom stereocenters. The molecule has 23 rings (SSSR count). The molecule has 1 aliphatic carbocycles. The molecule has 22 aromatic rings. The van der Waals surface area contributed by atoms with E-state index in [1.54, 1.807) is 6.92 Å². The van der Waals surface area contributed by atoms with Crippen LogP contribution in [0.25, 0.3) is 187 Å². The Bertz CT molecular complexity index is 8170. The molecule has 6 N–H and O–H groups in total. The largest absolute Gasteiger partial charge is 0.512 e. The standard InChI is InChI=1S/C28H20N.C23H14N.C20H14N.2C19H12N.C6H10O2.2C5H8O2.5Ir/c1-28(2)24-10-6-5-9-21(24)22-13-11-19(17-25(22)28)26-16-14-23-20-8-4-3-7-18(20)12-15-27(23)29-26;1-2-7-18-15-19(10-9-16(18)5-1)22-14-12-21-20-8-4-3-6-17(20)11-13-23(21)24-22;1-14-6-8-16(9-7-14)19-13-11-18-17-5-3-2-4-15(17)10-12-20(18)21-19;2*1-2-7-15(8-3-1)18-13-11-17-16-9-5-4-6-14(16)10-12-19(17)20-18;1-4(5(2)7)6(3)8;2*1-4(6)3-5(2)7;;;;;/h3-10,12-17H,1-2H3;1-9,11-15H;2-8,10-13H,1H3;2*1-7,9-13H;7H,1-3H3;2*3,6H,1-2H3;;;;;/q5*-1;;;;;;;;/p+3. The zero-order valence-corrected chi connectivity index (χ0v) is 91.1. The van der Waals surface area contributed by atoms with E-state index in [0.717, 1.165) is 83.9 Å². The summed E-state index contributed by atoms with van der Waals surface area (Å²) in [6.45, 7) is 17.4. The van der Waals surface area contributed by atoms with Gasteiger partial charge in [0.15, 0.2) is 0 Å². The maximum Gasteiger partial charge on any atom is 0.319 e. The Kier molecular flexibility index (Phi) is 38.1. The number of hydrogen-bond donors (Lipinski definition) is 3. The summed E-state index contributed by atoms with van der Waals surface area (Å²) in [6, 6.07) is 149. The van der Waals surface area contributed by atoms with Crippen molar-refractivity contribution >= 4 is 136 Å². The number of hydrogen-bond acceptors (Lipinski definition) is 8. The van der Waals surface area contributed by atoms with Gasteiger partial charge in [-0.15, -0.1) is 166 Å². The number of nitrogens with zero attached hydrogens (tertiary/aromatic N) is 5. The summed E-state index contributed by atoms with van der Waals surface area (Å²) >= 11 is 0. The molecule has 0 bridgehead atoms. The Balaban J connectivity index is 0.000000159. The van der Waals surface area contributed by atoms with E-state index < -0.39 is 0 Å². The van der Waals surface area contributed by atoms with Crippen LogP contribution in [0.5, 0.6) is 0 Å². The molecule has 16 heteroatoms. The van der Waals surface area contributed by atoms with Gasteiger partial charge in [-0.2, -0.15) is 0 Å². The Hall–Kier alpha value is -13.8. The molecule has 17 aromatic carbocycles. The van der Waals surface area contributed by atoms with Crippen molar-refractivity contribution in [2.24, 2.45) is 0 Å². The molecule has 5 heterocycles. The van der Waals surface area contributed by atoms with E-state index >= 15 is 0 Å². The van der Waals surface area contributed by atoms with Crippen molar-refractivity contribution in [3.8, 4) is 67.4 Å². The van der Waals surface area contributed by atoms with Gasteiger partial charge in [-0.3, -0.25) is 39.3 Å². The molecule has 0 fully saturated rings. The number of pyridine rings is 5. The molecule has 0 unspecified atom stereocenters. The second-order valence-corrected chi connectivity index (χ2v) is 34.1. The first kappa shape index (κ1) is 108. The second kappa shape index (κ2) is 49.9. The normalized spacial score (nSPS) is 11.5. The molecule has 709 valence electrons. The summed E-state index contributed by atoms with van der Waals surface area (Å²) in [5.41, 5.74) is 22.3. The van der Waals surface area contributed by atoms with Crippen LogP contribution in [0.1, 0.15) is 79.0 Å². The number of ketones is 3. The SMILES string of the molecule is CC(=[OH+])C(C)=C(C)O.CC(=[OH+])C=C(C)O.CC(=[OH+])C=C(C)O.CC1(C)c2ccccc2-c2c[c-]c(-c3ccc4c(ccc5ccccc54)n3)cc21.Cc1c[c-]c(-c2ccc3c(ccc4ccccc43)n2)cc1.[Ir].[Ir].[Ir].[Ir].[Ir].[c-]1cc2ccccc2cc1-c1ccc2c(ccc3ccccc32)n1.[c-]1ccccc1-c1ccc2c(ccc3ccccc32)n1.[c-]1ccccc1-c1ccc2c(ccc3ccccc32)n1. The molecular formula is C125H101Ir5N5O6-2. The summed E-state index contributed by atoms with van der Waals surface area (Å²) in [4.78, 5) is 49.7. The molecule has 0 amide bonds. The van der Waals surface area contributed by atoms with Crippen LogP contribution in [0, 0.1) is 37.3 Å². The second-order valence-electron chi connectivity index (χ2n) is 34.1. The predicted octanol–water partition coefficient (Wildman–Crippen LogP) is 31.5. The number of aliphatic hydroxyl groups is 3. The first-order valence-electron chi connectivity index (χ1n) is 45.1. The monoisotopic (exact) mass is 2730 g/mol. The van der Waals surface area contributed by atoms with Gasteiger partial charge < -0.3 is 15.3 Å². The number of allylic oxidation sites excluding steroid dienone is 6. The molecule has 5 aromatic heterocycles. The smallest absolute Gasteiger partial charge is 0.319 e. The minimum absolute atomic E-state index is 0. The van der Waals surface area contributed by atoms with E-state index in [1.165, 1.54) is 173 Å². The Labute approximate surface area is 889 Å². The Morgan fingerprint density at radius 1 is 0.270 bits per heavy atom. The number of benzene rings is 17. The van der Waals surface area contributed by atoms with E-state index in [9.17, 15) is 0 Å². The van der Waals surface area contributed by atoms with Gasteiger partial charge in [-0.1, -0.05) is 298 Å². The van der Waals surface area contributed by atoms with E-state index in [-0.39, 0.29) is 141 Å². The molecule has 0 aliphatic heterocycles. The third kappa shape index (κ3) is 26.1. The fourth-order valence-corrected chi connectivity index (χ4v) is 16.9. The Morgan fingerprint density at radius 2 is 0.574 bits per heavy atom. The molecule has 0 saturated carbocycles. The van der Waals surface area contributed by atoms with Gasteiger partial charge in [0.1, 0.15) is 5.76 Å². The summed E-state index contributed by atoms with van der Waals surface area (Å²) in [5.74, 6) is 0.843. The van der Waals surface area contributed by atoms with Crippen molar-refractivity contribution < 1.29 is 130 Å². The molecular weight excluding hydrogens is 2630 g/mol. The maximum atomic E-state index is 8.69. The fraction of sp³-hybridized carbons (Fsp3) is 0.0880. The minimum Gasteiger partial charge on any atom is -0.512 e. The first-order valence-corrected chi connectivity index (χ1v) is 45.1. The van der Waals surface area contributed by atoms with Gasteiger partial charge in [-0.25, -0.2) is 0 Å². The van der Waals surface area contributed by atoms with E-state index in [2.05, 4.69) is 373 Å². The van der Waals surface area contributed by atoms with Gasteiger partial charge in [0.05, 0.1) is 77.6 Å². The number of aliphatic hydroxyl groups excluding tert-OH is 3. The van der Waals surface area contributed by atoms with Crippen LogP contribution in [0.15, 0.2) is 417 Å². The molecule has 5 radical (unpaired) electrons. The summed E-state index contributed by atoms with van der Waals surface area (Å²) in [6.07, 6.45) is 2.56. The summed E-state index contributed by atoms with van der Waals surface area (Å²) in [5, 5.41) is 46.4. The van der Waals surface area contributed by atoms with Crippen molar-refractivity contribution in [2.75, 3.05) is 0 Å². The van der Waals surface area contributed by atoms with Gasteiger partial charge in [-0.05, 0) is 151 Å². The van der Waals surface area contributed by atoms with Crippen molar-refractivity contribution in [3.63, 3.8) is 0 Å². The first-order chi connectivity index (χ1) is 66.0. The van der Waals surface area contributed by atoms with Crippen LogP contribution in [-0.2, 0) is 106 Å². The van der Waals surface area contributed by atoms with Crippen molar-refractivity contribution in [2.45, 2.75) is 74.7 Å². The number of aryl methyl sites for hydroxylation is 1. The van der Waals surface area contributed by atoms with Gasteiger partial charge in [0.25, 0.3) is 0 Å². The average molecular weight is 2730 g/mol. The van der Waals surface area contributed by atoms with Crippen LogP contribution >= 0.6 is 0 Å². The van der Waals surface area contributed by atoms with Crippen LogP contribution in [0.2, 0.25) is 0 Å². The molecule has 0 spiro atoms. The van der Waals surface area contributed by atoms with E-state index in [4.69, 9.17) is 54.6 Å². The molecule has 0 saturated heterocycles. The zero-order valence-electron chi connectivity index (χ0n) is 79.1. The molecule has 11 nitrogen and oxygen atoms in total. The quantitative estimate of drug-likeness (QED) is 0.0440. The van der Waals surface area contributed by atoms with Gasteiger partial charge in [0.2, 0.25) is 0 Å². The van der Waals surface area contributed by atoms with Crippen molar-refractivity contribution in [1.82, 2.24) is 24.9 Å². The number of rotatable bonds is 8. The third-order valence-electron chi connectivity index (χ3n) is 23.9. The van der Waals surface area contributed by atoms with Gasteiger partial charge >= 0.3 is 17.3 Å². The number of aromatic nitrogens is 5. The molecule has 1 aliphatic rings. The summed E-state index contributed by atoms with van der Waals surface area (Å²) in [7, 11) is 0. The molecule has 141 heavy (non-hydrogen) atoms. The van der Waals surface area contributed by atoms with Crippen LogP contribution < -0.4 is 0 Å². The minimum atomic E-state index is -0.0111. The number of carbonyl (C=O) groups excluding carboxylic acids is 3. The average Bonchev–Trinajstić information content (AvgIpc) is 1.58. The summed E-state index contributed by atoms with van der Waals surface area (Å²) < 4.78 is 0. The Morgan fingerprint density at radius 3 is 0.887 bits per heavy atom. The van der Waals surface area contributed by atoms with Gasteiger partial charge in [0, 0.05) is 127 Å². The third-order valence-corrected chi connectivity index (χ3v) is 23.9. The maximum absolute atomic E-state index is 8.69. The number of fused-ring (bicyclic) bond motifs is 19. The predicted molar refractivity (Wildman–Crippen MR) is 569 cm³/mol. The zero-order chi connectivity index (χ0) is 94.9. The van der Waals surface area contributed by atoms with Crippen LogP contribution in [0.4, 0.5) is 0 Å². The van der Waals surface area contributed by atoms with E-state index in [1.807, 2.05) is 60.7 Å². The fourth-order valence-electron chi connectivity index (χ4n) is 16.9. The van der Waals surface area contributed by atoms with E-state index in [0.29, 0.717) is 5.57 Å². The van der Waals surface area contributed by atoms with Crippen LogP contribution in [0.3, 0.4) is 0 Å². The van der Waals surface area contributed by atoms with Crippen LogP contribution in [-0.4, -0.2) is 72.0 Å². The topological polar surface area (TPSA) is 189 Å².